The van der Waals surface area contributed by atoms with Crippen molar-refractivity contribution in [3.63, 3.8) is 0 Å². The van der Waals surface area contributed by atoms with Crippen LogP contribution in [0.4, 0.5) is 0 Å². The van der Waals surface area contributed by atoms with Crippen molar-refractivity contribution in [2.24, 2.45) is 10.8 Å². The summed E-state index contributed by atoms with van der Waals surface area (Å²) in [6.45, 7) is 5.73. The van der Waals surface area contributed by atoms with Crippen molar-refractivity contribution in [2.45, 2.75) is 26.3 Å². The van der Waals surface area contributed by atoms with E-state index in [1.54, 1.807) is 10.9 Å². The molecule has 1 rings (SSSR count). The summed E-state index contributed by atoms with van der Waals surface area (Å²) in [6, 6.07) is 0. The molecule has 0 aliphatic carbocycles. The molecule has 1 heterocycles. The van der Waals surface area contributed by atoms with Gasteiger partial charge in [0.15, 0.2) is 0 Å². The van der Waals surface area contributed by atoms with Crippen LogP contribution in [0.15, 0.2) is 17.4 Å². The molecular weight excluding hydrogens is 246 g/mol. The maximum Gasteiger partial charge on any atom is 0.205 e. The van der Waals surface area contributed by atoms with Gasteiger partial charge in [-0.25, -0.2) is 5.84 Å². The number of aryl methyl sites for hydroxylation is 1. The largest absolute Gasteiger partial charge is 0.382 e. The van der Waals surface area contributed by atoms with Gasteiger partial charge in [-0.1, -0.05) is 5.21 Å². The summed E-state index contributed by atoms with van der Waals surface area (Å²) in [6.07, 6.45) is 5.30. The van der Waals surface area contributed by atoms with Crippen LogP contribution in [0.5, 0.6) is 0 Å². The highest BCUT2D eigenvalue weighted by Gasteiger charge is 1.96. The van der Waals surface area contributed by atoms with Crippen LogP contribution < -0.4 is 16.6 Å². The molecule has 1 aromatic rings. The van der Waals surface area contributed by atoms with Crippen molar-refractivity contribution in [2.75, 3.05) is 26.3 Å². The molecule has 0 bridgehead atoms. The van der Waals surface area contributed by atoms with E-state index in [0.717, 1.165) is 39.1 Å². The van der Waals surface area contributed by atoms with Gasteiger partial charge >= 0.3 is 0 Å². The zero-order valence-electron chi connectivity index (χ0n) is 11.4. The molecule has 4 N–H and O–H groups in total. The van der Waals surface area contributed by atoms with E-state index in [4.69, 9.17) is 10.6 Å². The highest BCUT2D eigenvalue weighted by molar-refractivity contribution is 5.79. The molecule has 0 saturated heterocycles. The third kappa shape index (κ3) is 7.37. The third-order valence-electron chi connectivity index (χ3n) is 2.39. The summed E-state index contributed by atoms with van der Waals surface area (Å²) in [7, 11) is 0. The minimum absolute atomic E-state index is 0.607. The van der Waals surface area contributed by atoms with Crippen LogP contribution in [-0.4, -0.2) is 47.3 Å². The van der Waals surface area contributed by atoms with Crippen molar-refractivity contribution in [3.8, 4) is 0 Å². The predicted octanol–water partition coefficient (Wildman–Crippen LogP) is -0.496. The van der Waals surface area contributed by atoms with E-state index in [1.807, 2.05) is 13.1 Å². The lowest BCUT2D eigenvalue weighted by atomic mass is 10.4. The van der Waals surface area contributed by atoms with Crippen LogP contribution in [0.2, 0.25) is 0 Å². The van der Waals surface area contributed by atoms with E-state index in [9.17, 15) is 0 Å². The van der Waals surface area contributed by atoms with Gasteiger partial charge in [-0.3, -0.25) is 15.1 Å². The molecule has 0 aliphatic rings. The predicted molar refractivity (Wildman–Crippen MR) is 73.4 cm³/mol. The lowest BCUT2D eigenvalue weighted by Crippen LogP contribution is -2.42. The minimum Gasteiger partial charge on any atom is -0.382 e. The van der Waals surface area contributed by atoms with Crippen molar-refractivity contribution >= 4 is 5.96 Å². The molecule has 108 valence electrons. The SMILES string of the molecule is CCOCCCNC(=NCCCn1ccnn1)NN. The fraction of sp³-hybridized carbons (Fsp3) is 0.727. The number of aliphatic imine (C=N–C) groups is 1. The van der Waals surface area contributed by atoms with E-state index >= 15 is 0 Å². The summed E-state index contributed by atoms with van der Waals surface area (Å²) in [5.41, 5.74) is 2.55. The van der Waals surface area contributed by atoms with Gasteiger partial charge < -0.3 is 10.1 Å². The molecule has 0 saturated carbocycles. The first-order valence-electron chi connectivity index (χ1n) is 6.53. The Morgan fingerprint density at radius 3 is 3.05 bits per heavy atom. The Bertz CT molecular complexity index is 339. The zero-order valence-corrected chi connectivity index (χ0v) is 11.4. The number of hydrazine groups is 1. The number of nitrogens with zero attached hydrogens (tertiary/aromatic N) is 4. The van der Waals surface area contributed by atoms with Gasteiger partial charge in [0.2, 0.25) is 5.96 Å². The number of nitrogens with one attached hydrogen (secondary N) is 2. The number of hydrogen-bond donors (Lipinski definition) is 3. The first-order chi connectivity index (χ1) is 9.36. The lowest BCUT2D eigenvalue weighted by Gasteiger charge is -2.09. The average molecular weight is 269 g/mol. The summed E-state index contributed by atoms with van der Waals surface area (Å²) >= 11 is 0. The topological polar surface area (TPSA) is 102 Å². The van der Waals surface area contributed by atoms with Crippen molar-refractivity contribution < 1.29 is 4.74 Å². The highest BCUT2D eigenvalue weighted by Crippen LogP contribution is 1.88. The number of aromatic nitrogens is 3. The van der Waals surface area contributed by atoms with Crippen molar-refractivity contribution in [3.05, 3.63) is 12.4 Å². The third-order valence-corrected chi connectivity index (χ3v) is 2.39. The van der Waals surface area contributed by atoms with E-state index in [-0.39, 0.29) is 0 Å². The summed E-state index contributed by atoms with van der Waals surface area (Å²) in [4.78, 5) is 4.33. The van der Waals surface area contributed by atoms with Crippen LogP contribution in [-0.2, 0) is 11.3 Å². The van der Waals surface area contributed by atoms with Gasteiger partial charge in [0, 0.05) is 39.0 Å². The first kappa shape index (κ1) is 15.4. The van der Waals surface area contributed by atoms with E-state index in [1.165, 1.54) is 0 Å². The maximum atomic E-state index is 5.39. The fourth-order valence-corrected chi connectivity index (χ4v) is 1.45. The van der Waals surface area contributed by atoms with Gasteiger partial charge in [-0.2, -0.15) is 0 Å². The molecule has 0 radical (unpaired) electrons. The molecule has 8 nitrogen and oxygen atoms in total. The van der Waals surface area contributed by atoms with Crippen LogP contribution in [0.1, 0.15) is 19.8 Å². The Balaban J connectivity index is 2.09. The molecule has 0 aromatic carbocycles. The van der Waals surface area contributed by atoms with E-state index in [2.05, 4.69) is 26.0 Å². The molecule has 0 aliphatic heterocycles. The Labute approximate surface area is 113 Å². The Kier molecular flexibility index (Phi) is 8.32. The van der Waals surface area contributed by atoms with Gasteiger partial charge in [-0.05, 0) is 19.8 Å². The number of nitrogens with two attached hydrogens (primary N) is 1. The van der Waals surface area contributed by atoms with Gasteiger partial charge in [0.1, 0.15) is 0 Å². The molecular formula is C11H23N7O. The molecule has 0 amide bonds. The molecule has 0 atom stereocenters. The van der Waals surface area contributed by atoms with Crippen LogP contribution >= 0.6 is 0 Å². The van der Waals surface area contributed by atoms with Crippen molar-refractivity contribution in [1.29, 1.82) is 0 Å². The highest BCUT2D eigenvalue weighted by atomic mass is 16.5. The average Bonchev–Trinajstić information content (AvgIpc) is 2.94. The van der Waals surface area contributed by atoms with Crippen LogP contribution in [0, 0.1) is 0 Å². The van der Waals surface area contributed by atoms with Crippen LogP contribution in [0.3, 0.4) is 0 Å². The molecule has 0 spiro atoms. The number of hydrogen-bond acceptors (Lipinski definition) is 5. The summed E-state index contributed by atoms with van der Waals surface area (Å²) < 4.78 is 7.02. The summed E-state index contributed by atoms with van der Waals surface area (Å²) in [5.74, 6) is 5.99. The minimum atomic E-state index is 0.607. The quantitative estimate of drug-likeness (QED) is 0.184. The van der Waals surface area contributed by atoms with E-state index < -0.39 is 0 Å². The van der Waals surface area contributed by atoms with Crippen molar-refractivity contribution in [1.82, 2.24) is 25.7 Å². The zero-order chi connectivity index (χ0) is 13.8. The number of guanidine groups is 1. The van der Waals surface area contributed by atoms with Gasteiger partial charge in [-0.15, -0.1) is 5.10 Å². The molecule has 0 fully saturated rings. The monoisotopic (exact) mass is 269 g/mol. The number of ether oxygens (including phenoxy) is 1. The lowest BCUT2D eigenvalue weighted by molar-refractivity contribution is 0.145. The second-order valence-corrected chi connectivity index (χ2v) is 3.87. The normalized spacial score (nSPS) is 11.6. The Hall–Kier alpha value is -1.67. The Morgan fingerprint density at radius 2 is 2.37 bits per heavy atom. The second-order valence-electron chi connectivity index (χ2n) is 3.87. The van der Waals surface area contributed by atoms with Gasteiger partial charge in [0.25, 0.3) is 0 Å². The first-order valence-corrected chi connectivity index (χ1v) is 6.53. The van der Waals surface area contributed by atoms with E-state index in [0.29, 0.717) is 12.5 Å². The molecule has 8 heteroatoms. The smallest absolute Gasteiger partial charge is 0.205 e. The second kappa shape index (κ2) is 10.3. The number of rotatable bonds is 9. The van der Waals surface area contributed by atoms with Gasteiger partial charge in [0.05, 0.1) is 6.20 Å². The fourth-order valence-electron chi connectivity index (χ4n) is 1.45. The molecule has 1 aromatic heterocycles. The molecule has 19 heavy (non-hydrogen) atoms. The summed E-state index contributed by atoms with van der Waals surface area (Å²) in [5, 5.41) is 10.7. The standard InChI is InChI=1S/C11H23N7O/c1-2-19-10-4-6-14-11(16-12)13-5-3-8-18-9-7-15-17-18/h7,9H,2-6,8,10,12H2,1H3,(H2,13,14,16). The van der Waals surface area contributed by atoms with Crippen LogP contribution in [0.25, 0.3) is 0 Å². The Morgan fingerprint density at radius 1 is 1.47 bits per heavy atom. The maximum absolute atomic E-state index is 5.39. The molecule has 0 unspecified atom stereocenters.